The number of amides is 3. The molecule has 2 aromatic carbocycles. The summed E-state index contributed by atoms with van der Waals surface area (Å²) in [4.78, 5) is 37.5. The lowest BCUT2D eigenvalue weighted by Gasteiger charge is -2.21. The fraction of sp³-hybridized carbons (Fsp3) is 0.318. The van der Waals surface area contributed by atoms with Gasteiger partial charge in [0.25, 0.3) is 0 Å². The Morgan fingerprint density at radius 3 is 2.37 bits per heavy atom. The molecule has 0 saturated heterocycles. The standard InChI is InChI=1S/C22H26BrN3O4/c1-3-26(21(28)11-5-15-4-10-19(30-2)18(23)14-15)13-12-20(27)25-17-8-6-16(7-9-17)22(24)29/h4,6-10,14H,3,5,11-13H2,1-2H3,(H2,24,29)(H,25,27). The van der Waals surface area contributed by atoms with Gasteiger partial charge in [-0.15, -0.1) is 0 Å². The molecular weight excluding hydrogens is 450 g/mol. The van der Waals surface area contributed by atoms with Gasteiger partial charge in [-0.3, -0.25) is 14.4 Å². The van der Waals surface area contributed by atoms with Gasteiger partial charge >= 0.3 is 0 Å². The second-order valence-corrected chi connectivity index (χ2v) is 7.54. The maximum absolute atomic E-state index is 12.5. The Balaban J connectivity index is 1.82. The average Bonchev–Trinajstić information content (AvgIpc) is 2.73. The first kappa shape index (κ1) is 23.4. The number of carbonyl (C=O) groups excluding carboxylic acids is 3. The molecule has 2 rings (SSSR count). The smallest absolute Gasteiger partial charge is 0.248 e. The van der Waals surface area contributed by atoms with Crippen molar-refractivity contribution in [1.29, 1.82) is 0 Å². The molecule has 0 atom stereocenters. The summed E-state index contributed by atoms with van der Waals surface area (Å²) < 4.78 is 6.06. The van der Waals surface area contributed by atoms with Crippen molar-refractivity contribution >= 4 is 39.3 Å². The lowest BCUT2D eigenvalue weighted by molar-refractivity contribution is -0.131. The van der Waals surface area contributed by atoms with E-state index >= 15 is 0 Å². The number of hydrogen-bond donors (Lipinski definition) is 2. The maximum Gasteiger partial charge on any atom is 0.248 e. The van der Waals surface area contributed by atoms with Crippen molar-refractivity contribution in [2.75, 3.05) is 25.5 Å². The molecular formula is C22H26BrN3O4. The van der Waals surface area contributed by atoms with Crippen LogP contribution in [0.15, 0.2) is 46.9 Å². The fourth-order valence-corrected chi connectivity index (χ4v) is 3.50. The number of methoxy groups -OCH3 is 1. The number of primary amides is 1. The number of nitrogens with zero attached hydrogens (tertiary/aromatic N) is 1. The maximum atomic E-state index is 12.5. The molecule has 7 nitrogen and oxygen atoms in total. The molecule has 0 saturated carbocycles. The van der Waals surface area contributed by atoms with E-state index in [1.54, 1.807) is 36.3 Å². The van der Waals surface area contributed by atoms with Gasteiger partial charge in [-0.25, -0.2) is 0 Å². The van der Waals surface area contributed by atoms with E-state index in [2.05, 4.69) is 21.2 Å². The summed E-state index contributed by atoms with van der Waals surface area (Å²) in [7, 11) is 1.61. The number of aryl methyl sites for hydroxylation is 1. The predicted octanol–water partition coefficient (Wildman–Crippen LogP) is 3.37. The van der Waals surface area contributed by atoms with E-state index in [1.165, 1.54) is 0 Å². The quantitative estimate of drug-likeness (QED) is 0.549. The number of benzene rings is 2. The molecule has 0 aliphatic rings. The zero-order valence-electron chi connectivity index (χ0n) is 17.1. The Hall–Kier alpha value is -2.87. The van der Waals surface area contributed by atoms with Crippen molar-refractivity contribution < 1.29 is 19.1 Å². The molecule has 0 unspecified atom stereocenters. The molecule has 2 aromatic rings. The van der Waals surface area contributed by atoms with Crippen LogP contribution >= 0.6 is 15.9 Å². The van der Waals surface area contributed by atoms with Gasteiger partial charge in [-0.1, -0.05) is 6.07 Å². The molecule has 0 radical (unpaired) electrons. The molecule has 0 bridgehead atoms. The molecule has 160 valence electrons. The number of nitrogens with two attached hydrogens (primary N) is 1. The van der Waals surface area contributed by atoms with E-state index in [-0.39, 0.29) is 18.2 Å². The summed E-state index contributed by atoms with van der Waals surface area (Å²) in [6.07, 6.45) is 1.16. The van der Waals surface area contributed by atoms with Crippen molar-refractivity contribution in [3.63, 3.8) is 0 Å². The third-order valence-corrected chi connectivity index (χ3v) is 5.26. The van der Waals surface area contributed by atoms with Crippen molar-refractivity contribution in [3.05, 3.63) is 58.1 Å². The molecule has 8 heteroatoms. The van der Waals surface area contributed by atoms with Gasteiger partial charge in [0.15, 0.2) is 0 Å². The van der Waals surface area contributed by atoms with Crippen LogP contribution in [0.5, 0.6) is 5.75 Å². The Morgan fingerprint density at radius 2 is 1.80 bits per heavy atom. The van der Waals surface area contributed by atoms with E-state index < -0.39 is 5.91 Å². The Kier molecular flexibility index (Phi) is 8.86. The zero-order chi connectivity index (χ0) is 22.1. The molecule has 0 heterocycles. The predicted molar refractivity (Wildman–Crippen MR) is 119 cm³/mol. The van der Waals surface area contributed by atoms with Gasteiger partial charge < -0.3 is 20.7 Å². The zero-order valence-corrected chi connectivity index (χ0v) is 18.7. The van der Waals surface area contributed by atoms with Crippen LogP contribution in [0.25, 0.3) is 0 Å². The van der Waals surface area contributed by atoms with Crippen LogP contribution in [0.3, 0.4) is 0 Å². The minimum Gasteiger partial charge on any atom is -0.496 e. The van der Waals surface area contributed by atoms with Gasteiger partial charge in [0.2, 0.25) is 17.7 Å². The number of hydrogen-bond acceptors (Lipinski definition) is 4. The average molecular weight is 476 g/mol. The van der Waals surface area contributed by atoms with Crippen molar-refractivity contribution in [2.24, 2.45) is 5.73 Å². The summed E-state index contributed by atoms with van der Waals surface area (Å²) in [6.45, 7) is 2.76. The first-order valence-corrected chi connectivity index (χ1v) is 10.4. The summed E-state index contributed by atoms with van der Waals surface area (Å²) in [5.74, 6) is 0.0257. The molecule has 0 aliphatic heterocycles. The van der Waals surface area contributed by atoms with Crippen LogP contribution in [0.1, 0.15) is 35.7 Å². The first-order chi connectivity index (χ1) is 14.3. The molecule has 0 aliphatic carbocycles. The number of carbonyl (C=O) groups is 3. The minimum absolute atomic E-state index is 0.00283. The highest BCUT2D eigenvalue weighted by Gasteiger charge is 2.14. The van der Waals surface area contributed by atoms with E-state index in [0.717, 1.165) is 15.8 Å². The van der Waals surface area contributed by atoms with Gasteiger partial charge in [0.05, 0.1) is 11.6 Å². The lowest BCUT2D eigenvalue weighted by atomic mass is 10.1. The minimum atomic E-state index is -0.521. The Bertz CT molecular complexity index is 900. The summed E-state index contributed by atoms with van der Waals surface area (Å²) in [5, 5.41) is 2.76. The molecule has 0 spiro atoms. The Labute approximate surface area is 184 Å². The van der Waals surface area contributed by atoms with E-state index in [4.69, 9.17) is 10.5 Å². The normalized spacial score (nSPS) is 10.4. The van der Waals surface area contributed by atoms with Gasteiger partial charge in [-0.2, -0.15) is 0 Å². The SMILES string of the molecule is CCN(CCC(=O)Nc1ccc(C(N)=O)cc1)C(=O)CCc1ccc(OC)c(Br)c1. The van der Waals surface area contributed by atoms with Crippen LogP contribution < -0.4 is 15.8 Å². The van der Waals surface area contributed by atoms with Crippen molar-refractivity contribution in [1.82, 2.24) is 4.90 Å². The van der Waals surface area contributed by atoms with Crippen molar-refractivity contribution in [3.8, 4) is 5.75 Å². The monoisotopic (exact) mass is 475 g/mol. The van der Waals surface area contributed by atoms with Gasteiger partial charge in [0.1, 0.15) is 5.75 Å². The first-order valence-electron chi connectivity index (χ1n) is 9.64. The fourth-order valence-electron chi connectivity index (χ4n) is 2.91. The van der Waals surface area contributed by atoms with Crippen LogP contribution in [-0.2, 0) is 16.0 Å². The third kappa shape index (κ3) is 6.88. The van der Waals surface area contributed by atoms with E-state index in [1.807, 2.05) is 25.1 Å². The topological polar surface area (TPSA) is 102 Å². The number of anilines is 1. The molecule has 30 heavy (non-hydrogen) atoms. The van der Waals surface area contributed by atoms with Gasteiger partial charge in [0, 0.05) is 37.2 Å². The molecule has 3 N–H and O–H groups in total. The highest BCUT2D eigenvalue weighted by atomic mass is 79.9. The third-order valence-electron chi connectivity index (χ3n) is 4.64. The van der Waals surface area contributed by atoms with Gasteiger partial charge in [-0.05, 0) is 71.2 Å². The molecule has 3 amide bonds. The summed E-state index contributed by atoms with van der Waals surface area (Å²) in [5.41, 5.74) is 7.18. The van der Waals surface area contributed by atoms with Crippen LogP contribution in [0, 0.1) is 0 Å². The number of ether oxygens (including phenoxy) is 1. The summed E-state index contributed by atoms with van der Waals surface area (Å²) in [6, 6.07) is 12.1. The van der Waals surface area contributed by atoms with Crippen molar-refractivity contribution in [2.45, 2.75) is 26.2 Å². The number of rotatable bonds is 10. The Morgan fingerprint density at radius 1 is 1.10 bits per heavy atom. The number of nitrogens with one attached hydrogen (secondary N) is 1. The largest absolute Gasteiger partial charge is 0.496 e. The van der Waals surface area contributed by atoms with E-state index in [0.29, 0.717) is 37.2 Å². The molecule has 0 aromatic heterocycles. The van der Waals surface area contributed by atoms with Crippen LogP contribution in [0.2, 0.25) is 0 Å². The summed E-state index contributed by atoms with van der Waals surface area (Å²) >= 11 is 3.45. The van der Waals surface area contributed by atoms with Crippen LogP contribution in [0.4, 0.5) is 5.69 Å². The second kappa shape index (κ2) is 11.3. The number of halogens is 1. The highest BCUT2D eigenvalue weighted by Crippen LogP contribution is 2.26. The van der Waals surface area contributed by atoms with E-state index in [9.17, 15) is 14.4 Å². The lowest BCUT2D eigenvalue weighted by Crippen LogP contribution is -2.33. The second-order valence-electron chi connectivity index (χ2n) is 6.68. The van der Waals surface area contributed by atoms with Crippen LogP contribution in [-0.4, -0.2) is 42.8 Å². The highest BCUT2D eigenvalue weighted by molar-refractivity contribution is 9.10. The molecule has 0 fully saturated rings.